The Balaban J connectivity index is 1.86. The van der Waals surface area contributed by atoms with E-state index in [0.717, 1.165) is 34.5 Å². The fourth-order valence-electron chi connectivity index (χ4n) is 2.37. The highest BCUT2D eigenvalue weighted by molar-refractivity contribution is 6.04. The number of H-pyrrole nitrogens is 1. The monoisotopic (exact) mass is 271 g/mol. The molecule has 0 unspecified atom stereocenters. The zero-order valence-corrected chi connectivity index (χ0v) is 11.6. The van der Waals surface area contributed by atoms with Gasteiger partial charge in [-0.15, -0.1) is 0 Å². The molecular formula is C15H17N3O2. The van der Waals surface area contributed by atoms with Crippen molar-refractivity contribution in [3.8, 4) is 0 Å². The van der Waals surface area contributed by atoms with Crippen molar-refractivity contribution >= 4 is 11.6 Å². The molecule has 20 heavy (non-hydrogen) atoms. The number of fused-ring (bicyclic) bond motifs is 1. The lowest BCUT2D eigenvalue weighted by Gasteiger charge is -2.13. The molecule has 1 aliphatic heterocycles. The molecule has 2 heterocycles. The van der Waals surface area contributed by atoms with E-state index in [1.807, 2.05) is 32.0 Å². The molecule has 1 aromatic heterocycles. The van der Waals surface area contributed by atoms with E-state index < -0.39 is 0 Å². The van der Waals surface area contributed by atoms with Crippen LogP contribution in [0.1, 0.15) is 32.9 Å². The summed E-state index contributed by atoms with van der Waals surface area (Å²) in [6, 6.07) is 5.85. The van der Waals surface area contributed by atoms with Crippen molar-refractivity contribution in [2.24, 2.45) is 0 Å². The highest BCUT2D eigenvalue weighted by Crippen LogP contribution is 2.22. The number of nitrogens with zero attached hydrogens (tertiary/aromatic N) is 1. The zero-order chi connectivity index (χ0) is 14.1. The molecule has 5 nitrogen and oxygen atoms in total. The van der Waals surface area contributed by atoms with Crippen LogP contribution >= 0.6 is 0 Å². The number of hydrogen-bond acceptors (Lipinski definition) is 3. The Kier molecular flexibility index (Phi) is 3.28. The van der Waals surface area contributed by atoms with Gasteiger partial charge in [-0.25, -0.2) is 0 Å². The first-order valence-corrected chi connectivity index (χ1v) is 6.68. The maximum atomic E-state index is 12.4. The molecule has 5 heteroatoms. The summed E-state index contributed by atoms with van der Waals surface area (Å²) in [6.45, 7) is 5.14. The number of rotatable bonds is 2. The molecule has 0 aliphatic carbocycles. The molecule has 0 radical (unpaired) electrons. The Labute approximate surface area is 117 Å². The Morgan fingerprint density at radius 2 is 2.25 bits per heavy atom. The van der Waals surface area contributed by atoms with Crippen molar-refractivity contribution in [2.75, 3.05) is 11.9 Å². The molecule has 0 saturated heterocycles. The van der Waals surface area contributed by atoms with Crippen LogP contribution in [-0.2, 0) is 17.8 Å². The third kappa shape index (κ3) is 2.20. The smallest absolute Gasteiger partial charge is 0.276 e. The summed E-state index contributed by atoms with van der Waals surface area (Å²) in [6.07, 6.45) is 0.777. The van der Waals surface area contributed by atoms with Crippen molar-refractivity contribution < 1.29 is 9.53 Å². The van der Waals surface area contributed by atoms with E-state index in [9.17, 15) is 4.79 Å². The predicted octanol–water partition coefficient (Wildman–Crippen LogP) is 2.35. The van der Waals surface area contributed by atoms with Crippen molar-refractivity contribution in [3.05, 3.63) is 46.3 Å². The third-order valence-electron chi connectivity index (χ3n) is 3.76. The van der Waals surface area contributed by atoms with E-state index in [2.05, 4.69) is 15.5 Å². The summed E-state index contributed by atoms with van der Waals surface area (Å²) in [5, 5.41) is 9.98. The number of carbonyl (C=O) groups is 1. The van der Waals surface area contributed by atoms with Gasteiger partial charge in [-0.3, -0.25) is 9.89 Å². The molecule has 2 N–H and O–H groups in total. The summed E-state index contributed by atoms with van der Waals surface area (Å²) in [7, 11) is 0. The second-order valence-electron chi connectivity index (χ2n) is 5.03. The highest BCUT2D eigenvalue weighted by atomic mass is 16.5. The number of anilines is 1. The number of ether oxygens (including phenoxy) is 1. The molecule has 104 valence electrons. The van der Waals surface area contributed by atoms with Crippen LogP contribution in [-0.4, -0.2) is 22.7 Å². The van der Waals surface area contributed by atoms with Crippen LogP contribution < -0.4 is 5.32 Å². The molecule has 0 saturated carbocycles. The highest BCUT2D eigenvalue weighted by Gasteiger charge is 2.22. The average molecular weight is 271 g/mol. The summed E-state index contributed by atoms with van der Waals surface area (Å²) < 4.78 is 5.40. The minimum atomic E-state index is -0.193. The molecule has 0 spiro atoms. The molecule has 1 aromatic carbocycles. The number of aryl methyl sites for hydroxylation is 1. The summed E-state index contributed by atoms with van der Waals surface area (Å²) in [5.74, 6) is -0.193. The van der Waals surface area contributed by atoms with E-state index in [0.29, 0.717) is 18.9 Å². The Bertz CT molecular complexity index is 661. The van der Waals surface area contributed by atoms with E-state index in [4.69, 9.17) is 4.74 Å². The standard InChI is InChI=1S/C15H17N3O2/c1-9-4-3-5-12(10(9)2)16-15(19)14-11-8-20-7-6-13(11)17-18-14/h3-5H,6-8H2,1-2H3,(H,16,19)(H,17,18). The summed E-state index contributed by atoms with van der Waals surface area (Å²) >= 11 is 0. The number of carbonyl (C=O) groups excluding carboxylic acids is 1. The van der Waals surface area contributed by atoms with Gasteiger partial charge in [-0.05, 0) is 31.0 Å². The van der Waals surface area contributed by atoms with Crippen LogP contribution in [0.3, 0.4) is 0 Å². The zero-order valence-electron chi connectivity index (χ0n) is 11.6. The Morgan fingerprint density at radius 3 is 3.10 bits per heavy atom. The Morgan fingerprint density at radius 1 is 1.40 bits per heavy atom. The number of aromatic amines is 1. The van der Waals surface area contributed by atoms with Gasteiger partial charge < -0.3 is 10.1 Å². The van der Waals surface area contributed by atoms with Gasteiger partial charge in [-0.1, -0.05) is 12.1 Å². The van der Waals surface area contributed by atoms with Crippen LogP contribution in [0.25, 0.3) is 0 Å². The third-order valence-corrected chi connectivity index (χ3v) is 3.76. The minimum Gasteiger partial charge on any atom is -0.376 e. The molecule has 1 amide bonds. The maximum absolute atomic E-state index is 12.4. The normalized spacial score (nSPS) is 13.9. The fourth-order valence-corrected chi connectivity index (χ4v) is 2.37. The van der Waals surface area contributed by atoms with E-state index in [-0.39, 0.29) is 5.91 Å². The second-order valence-corrected chi connectivity index (χ2v) is 5.03. The van der Waals surface area contributed by atoms with E-state index in [1.165, 1.54) is 0 Å². The molecule has 3 rings (SSSR count). The molecule has 0 atom stereocenters. The largest absolute Gasteiger partial charge is 0.376 e. The van der Waals surface area contributed by atoms with Crippen LogP contribution in [0.15, 0.2) is 18.2 Å². The first-order chi connectivity index (χ1) is 9.66. The van der Waals surface area contributed by atoms with Crippen molar-refractivity contribution in [1.29, 1.82) is 0 Å². The number of hydrogen-bond donors (Lipinski definition) is 2. The van der Waals surface area contributed by atoms with Gasteiger partial charge in [0.25, 0.3) is 5.91 Å². The summed E-state index contributed by atoms with van der Waals surface area (Å²) in [5.41, 5.74) is 5.35. The first kappa shape index (κ1) is 12.9. The van der Waals surface area contributed by atoms with Gasteiger partial charge in [0, 0.05) is 23.4 Å². The lowest BCUT2D eigenvalue weighted by Crippen LogP contribution is -2.17. The van der Waals surface area contributed by atoms with Crippen LogP contribution in [0.4, 0.5) is 5.69 Å². The lowest BCUT2D eigenvalue weighted by molar-refractivity contribution is 0.0985. The lowest BCUT2D eigenvalue weighted by atomic mass is 10.1. The second kappa shape index (κ2) is 5.09. The van der Waals surface area contributed by atoms with Gasteiger partial charge in [0.05, 0.1) is 13.2 Å². The Hall–Kier alpha value is -2.14. The van der Waals surface area contributed by atoms with E-state index in [1.54, 1.807) is 0 Å². The molecule has 0 fully saturated rings. The van der Waals surface area contributed by atoms with Gasteiger partial charge >= 0.3 is 0 Å². The molecular weight excluding hydrogens is 254 g/mol. The number of aromatic nitrogens is 2. The van der Waals surface area contributed by atoms with Gasteiger partial charge in [0.1, 0.15) is 0 Å². The van der Waals surface area contributed by atoms with Gasteiger partial charge in [0.2, 0.25) is 0 Å². The molecule has 2 aromatic rings. The van der Waals surface area contributed by atoms with Crippen molar-refractivity contribution in [3.63, 3.8) is 0 Å². The average Bonchev–Trinajstić information content (AvgIpc) is 2.88. The van der Waals surface area contributed by atoms with Crippen molar-refractivity contribution in [1.82, 2.24) is 10.2 Å². The molecule has 1 aliphatic rings. The SMILES string of the molecule is Cc1cccc(NC(=O)c2n[nH]c3c2COCC3)c1C. The molecule has 0 bridgehead atoms. The van der Waals surface area contributed by atoms with Crippen LogP contribution in [0.5, 0.6) is 0 Å². The number of nitrogens with one attached hydrogen (secondary N) is 2. The topological polar surface area (TPSA) is 67.0 Å². The van der Waals surface area contributed by atoms with Crippen LogP contribution in [0, 0.1) is 13.8 Å². The number of benzene rings is 1. The van der Waals surface area contributed by atoms with Crippen LogP contribution in [0.2, 0.25) is 0 Å². The van der Waals surface area contributed by atoms with Crippen molar-refractivity contribution in [2.45, 2.75) is 26.9 Å². The minimum absolute atomic E-state index is 0.193. The first-order valence-electron chi connectivity index (χ1n) is 6.68. The number of amides is 1. The maximum Gasteiger partial charge on any atom is 0.276 e. The van der Waals surface area contributed by atoms with E-state index >= 15 is 0 Å². The van der Waals surface area contributed by atoms with Gasteiger partial charge in [-0.2, -0.15) is 5.10 Å². The predicted molar refractivity (Wildman–Crippen MR) is 75.8 cm³/mol. The fraction of sp³-hybridized carbons (Fsp3) is 0.333. The van der Waals surface area contributed by atoms with Gasteiger partial charge in [0.15, 0.2) is 5.69 Å². The quantitative estimate of drug-likeness (QED) is 0.881. The summed E-state index contributed by atoms with van der Waals surface area (Å²) in [4.78, 5) is 12.4.